The molecule has 0 saturated heterocycles. The molecule has 0 rings (SSSR count). The molecule has 488 valence electrons. The monoisotopic (exact) mass is 1200 g/mol. The Kier molecular flexibility index (Phi) is 62.5. The minimum Gasteiger partial charge on any atom is -0.462 e. The van der Waals surface area contributed by atoms with Gasteiger partial charge in [-0.05, 0) is 89.9 Å². The van der Waals surface area contributed by atoms with E-state index in [1.807, 2.05) is 21.1 Å². The van der Waals surface area contributed by atoms with Gasteiger partial charge in [-0.2, -0.15) is 0 Å². The van der Waals surface area contributed by atoms with Crippen LogP contribution in [0.2, 0.25) is 0 Å². The molecule has 84 heavy (non-hydrogen) atoms. The Morgan fingerprint density at radius 1 is 0.381 bits per heavy atom. The van der Waals surface area contributed by atoms with Crippen molar-refractivity contribution < 1.29 is 42.1 Å². The van der Waals surface area contributed by atoms with E-state index in [1.54, 1.807) is 0 Å². The fourth-order valence-electron chi connectivity index (χ4n) is 10.0. The number of esters is 2. The van der Waals surface area contributed by atoms with Crippen LogP contribution in [0.4, 0.5) is 0 Å². The Balaban J connectivity index is 3.94. The molecule has 0 radical (unpaired) electrons. The third-order valence-corrected chi connectivity index (χ3v) is 16.4. The van der Waals surface area contributed by atoms with E-state index in [2.05, 4.69) is 98.9 Å². The molecule has 0 heterocycles. The molecule has 0 aromatic carbocycles. The summed E-state index contributed by atoms with van der Waals surface area (Å²) in [5, 5.41) is 0. The van der Waals surface area contributed by atoms with Crippen LogP contribution in [-0.2, 0) is 32.7 Å². The SMILES string of the molecule is CC/C=C\C/C=C\C/C=C\C/C=C\C/C=C\CCCCCCCC(=O)OC(COC(=O)CCCCCCCCCCCCCCCCCCCCCCCCCCCCC/C=C\C/C=C\CCCCCCC)COP(=O)(O)OCC[N+](C)(C)C. The number of phosphoric ester groups is 1. The number of hydrogen-bond donors (Lipinski definition) is 1. The van der Waals surface area contributed by atoms with E-state index in [4.69, 9.17) is 18.5 Å². The molecule has 0 amide bonds. The van der Waals surface area contributed by atoms with Gasteiger partial charge in [-0.1, -0.05) is 304 Å². The summed E-state index contributed by atoms with van der Waals surface area (Å²) >= 11 is 0. The van der Waals surface area contributed by atoms with E-state index in [9.17, 15) is 19.0 Å². The lowest BCUT2D eigenvalue weighted by Gasteiger charge is -2.24. The third-order valence-electron chi connectivity index (χ3n) is 15.4. The van der Waals surface area contributed by atoms with Gasteiger partial charge >= 0.3 is 19.8 Å². The Morgan fingerprint density at radius 3 is 1.01 bits per heavy atom. The zero-order valence-electron chi connectivity index (χ0n) is 55.6. The number of unbranched alkanes of at least 4 members (excludes halogenated alkanes) is 37. The summed E-state index contributed by atoms with van der Waals surface area (Å²) in [6, 6.07) is 0. The van der Waals surface area contributed by atoms with Crippen LogP contribution in [0.3, 0.4) is 0 Å². The van der Waals surface area contributed by atoms with Crippen molar-refractivity contribution in [1.29, 1.82) is 0 Å². The number of carbonyl (C=O) groups excluding carboxylic acids is 2. The lowest BCUT2D eigenvalue weighted by molar-refractivity contribution is -0.870. The van der Waals surface area contributed by atoms with Gasteiger partial charge in [-0.15, -0.1) is 0 Å². The zero-order chi connectivity index (χ0) is 61.2. The second-order valence-corrected chi connectivity index (χ2v) is 26.3. The van der Waals surface area contributed by atoms with Crippen LogP contribution in [0.1, 0.15) is 322 Å². The normalized spacial score (nSPS) is 13.6. The first-order valence-electron chi connectivity index (χ1n) is 35.3. The molecular formula is C74H135NO8P+. The third kappa shape index (κ3) is 68.3. The highest BCUT2D eigenvalue weighted by Crippen LogP contribution is 2.43. The van der Waals surface area contributed by atoms with Crippen LogP contribution in [0.5, 0.6) is 0 Å². The molecule has 0 aliphatic heterocycles. The standard InChI is InChI=1S/C74H134NO8P/c1-6-8-10-12-14-16-18-20-22-24-26-28-29-30-31-32-33-34-35-36-37-38-39-40-41-42-43-44-45-47-48-50-52-54-56-58-60-62-64-66-73(76)80-70-72(71-82-84(78,79)81-69-68-75(3,4)5)83-74(77)67-65-63-61-59-57-55-53-51-49-46-27-25-23-21-19-17-15-13-11-9-7-2/h9,11,15,17-18,20-21,23-24,26-27,46,51,53,72H,6-8,10,12-14,16,19,22,25,28-45,47-50,52,54-71H2,1-5H3/p+1/b11-9-,17-15-,20-18-,23-21-,26-24-,46-27-,53-51-. The van der Waals surface area contributed by atoms with Gasteiger partial charge in [0.2, 0.25) is 0 Å². The molecule has 1 N–H and O–H groups in total. The molecule has 0 spiro atoms. The van der Waals surface area contributed by atoms with Gasteiger partial charge in [0.15, 0.2) is 6.10 Å². The first kappa shape index (κ1) is 81.2. The van der Waals surface area contributed by atoms with Crippen molar-refractivity contribution in [3.8, 4) is 0 Å². The van der Waals surface area contributed by atoms with Crippen molar-refractivity contribution in [2.45, 2.75) is 328 Å². The van der Waals surface area contributed by atoms with Crippen LogP contribution in [0.25, 0.3) is 0 Å². The Bertz CT molecular complexity index is 1690. The lowest BCUT2D eigenvalue weighted by atomic mass is 10.0. The van der Waals surface area contributed by atoms with Crippen LogP contribution in [0, 0.1) is 0 Å². The fourth-order valence-corrected chi connectivity index (χ4v) is 10.8. The summed E-state index contributed by atoms with van der Waals surface area (Å²) in [7, 11) is 1.46. The van der Waals surface area contributed by atoms with Crippen LogP contribution >= 0.6 is 7.82 Å². The maximum absolute atomic E-state index is 12.8. The zero-order valence-corrected chi connectivity index (χ0v) is 56.5. The van der Waals surface area contributed by atoms with E-state index >= 15 is 0 Å². The summed E-state index contributed by atoms with van der Waals surface area (Å²) in [5.41, 5.74) is 0. The van der Waals surface area contributed by atoms with E-state index < -0.39 is 26.5 Å². The van der Waals surface area contributed by atoms with Crippen LogP contribution < -0.4 is 0 Å². The Hall–Kier alpha value is -2.81. The van der Waals surface area contributed by atoms with Gasteiger partial charge in [0.05, 0.1) is 27.7 Å². The molecule has 0 fully saturated rings. The van der Waals surface area contributed by atoms with Gasteiger partial charge in [0, 0.05) is 12.8 Å². The summed E-state index contributed by atoms with van der Waals surface area (Å²) in [4.78, 5) is 35.8. The van der Waals surface area contributed by atoms with Crippen molar-refractivity contribution in [3.05, 3.63) is 85.1 Å². The smallest absolute Gasteiger partial charge is 0.462 e. The predicted molar refractivity (Wildman–Crippen MR) is 362 cm³/mol. The predicted octanol–water partition coefficient (Wildman–Crippen LogP) is 22.9. The van der Waals surface area contributed by atoms with Crippen molar-refractivity contribution in [2.75, 3.05) is 47.5 Å². The van der Waals surface area contributed by atoms with Gasteiger partial charge < -0.3 is 18.9 Å². The van der Waals surface area contributed by atoms with E-state index in [0.29, 0.717) is 17.4 Å². The number of quaternary nitrogens is 1. The second-order valence-electron chi connectivity index (χ2n) is 24.9. The highest BCUT2D eigenvalue weighted by atomic mass is 31.2. The molecule has 0 bridgehead atoms. The first-order chi connectivity index (χ1) is 41.0. The Morgan fingerprint density at radius 2 is 0.679 bits per heavy atom. The van der Waals surface area contributed by atoms with Crippen molar-refractivity contribution >= 4 is 19.8 Å². The minimum atomic E-state index is -4.40. The van der Waals surface area contributed by atoms with Crippen molar-refractivity contribution in [2.24, 2.45) is 0 Å². The quantitative estimate of drug-likeness (QED) is 0.0211. The molecule has 0 aliphatic rings. The fraction of sp³-hybridized carbons (Fsp3) is 0.784. The van der Waals surface area contributed by atoms with Gasteiger partial charge in [0.1, 0.15) is 19.8 Å². The number of carbonyl (C=O) groups is 2. The maximum Gasteiger partial charge on any atom is 0.472 e. The number of hydrogen-bond acceptors (Lipinski definition) is 7. The van der Waals surface area contributed by atoms with E-state index in [0.717, 1.165) is 89.9 Å². The van der Waals surface area contributed by atoms with E-state index in [1.165, 1.54) is 199 Å². The molecule has 10 heteroatoms. The van der Waals surface area contributed by atoms with Crippen molar-refractivity contribution in [1.82, 2.24) is 0 Å². The molecule has 0 aromatic heterocycles. The molecule has 0 aromatic rings. The second kappa shape index (κ2) is 64.7. The summed E-state index contributed by atoms with van der Waals surface area (Å²) in [6.07, 6.45) is 88.5. The van der Waals surface area contributed by atoms with Gasteiger partial charge in [0.25, 0.3) is 0 Å². The minimum absolute atomic E-state index is 0.0254. The maximum atomic E-state index is 12.8. The topological polar surface area (TPSA) is 108 Å². The number of likely N-dealkylation sites (N-methyl/N-ethyl adjacent to an activating group) is 1. The summed E-state index contributed by atoms with van der Waals surface area (Å²) in [5.74, 6) is -0.811. The highest BCUT2D eigenvalue weighted by molar-refractivity contribution is 7.47. The average Bonchev–Trinajstić information content (AvgIpc) is 3.61. The molecular weight excluding hydrogens is 1060 g/mol. The first-order valence-corrected chi connectivity index (χ1v) is 36.8. The number of ether oxygens (including phenoxy) is 2. The highest BCUT2D eigenvalue weighted by Gasteiger charge is 2.27. The number of rotatable bonds is 65. The van der Waals surface area contributed by atoms with Gasteiger partial charge in [-0.3, -0.25) is 18.6 Å². The molecule has 2 atom stereocenters. The molecule has 9 nitrogen and oxygen atoms in total. The van der Waals surface area contributed by atoms with Crippen LogP contribution in [0.15, 0.2) is 85.1 Å². The van der Waals surface area contributed by atoms with Crippen molar-refractivity contribution in [3.63, 3.8) is 0 Å². The summed E-state index contributed by atoms with van der Waals surface area (Å²) < 4.78 is 34.7. The molecule has 2 unspecified atom stereocenters. The largest absolute Gasteiger partial charge is 0.472 e. The summed E-state index contributed by atoms with van der Waals surface area (Å²) in [6.45, 7) is 4.32. The molecule has 0 aliphatic carbocycles. The number of allylic oxidation sites excluding steroid dienone is 14. The van der Waals surface area contributed by atoms with Crippen LogP contribution in [-0.4, -0.2) is 74.9 Å². The van der Waals surface area contributed by atoms with Gasteiger partial charge in [-0.25, -0.2) is 4.57 Å². The number of phosphoric acid groups is 1. The molecule has 0 saturated carbocycles. The Labute approximate surface area is 520 Å². The lowest BCUT2D eigenvalue weighted by Crippen LogP contribution is -2.37. The van der Waals surface area contributed by atoms with E-state index in [-0.39, 0.29) is 32.0 Å². The average molecular weight is 1200 g/mol. The number of nitrogens with zero attached hydrogens (tertiary/aromatic N) is 1.